The number of hydrogen-bond acceptors (Lipinski definition) is 3. The number of nitrogens with zero attached hydrogens (tertiary/aromatic N) is 2. The van der Waals surface area contributed by atoms with Crippen molar-refractivity contribution in [3.63, 3.8) is 0 Å². The topological polar surface area (TPSA) is 53.6 Å². The first kappa shape index (κ1) is 8.99. The average molecular weight is 190 g/mol. The minimum atomic E-state index is 0.433. The van der Waals surface area contributed by atoms with Crippen molar-refractivity contribution in [2.24, 2.45) is 0 Å². The Hall–Kier alpha value is -1.58. The minimum absolute atomic E-state index is 0.433. The SMILES string of the molecule is CC[C@@H](C)Nc1ncnc2[nH]ccc12. The molecule has 0 radical (unpaired) electrons. The van der Waals surface area contributed by atoms with Crippen molar-refractivity contribution >= 4 is 16.9 Å². The second-order valence-corrected chi connectivity index (χ2v) is 3.42. The summed E-state index contributed by atoms with van der Waals surface area (Å²) >= 11 is 0. The van der Waals surface area contributed by atoms with E-state index in [4.69, 9.17) is 0 Å². The quantitative estimate of drug-likeness (QED) is 0.779. The summed E-state index contributed by atoms with van der Waals surface area (Å²) in [5.74, 6) is 0.908. The molecule has 4 heteroatoms. The molecule has 2 rings (SSSR count). The van der Waals surface area contributed by atoms with Gasteiger partial charge in [0.25, 0.3) is 0 Å². The van der Waals surface area contributed by atoms with E-state index in [1.807, 2.05) is 12.3 Å². The molecule has 14 heavy (non-hydrogen) atoms. The molecule has 0 aromatic carbocycles. The molecule has 2 N–H and O–H groups in total. The van der Waals surface area contributed by atoms with E-state index in [1.165, 1.54) is 0 Å². The molecule has 2 heterocycles. The molecule has 0 spiro atoms. The number of anilines is 1. The van der Waals surface area contributed by atoms with Crippen LogP contribution in [0, 0.1) is 0 Å². The highest BCUT2D eigenvalue weighted by Gasteiger charge is 2.05. The van der Waals surface area contributed by atoms with Crippen molar-refractivity contribution < 1.29 is 0 Å². The maximum Gasteiger partial charge on any atom is 0.142 e. The maximum atomic E-state index is 4.22. The van der Waals surface area contributed by atoms with Crippen LogP contribution in [0.4, 0.5) is 5.82 Å². The van der Waals surface area contributed by atoms with E-state index in [-0.39, 0.29) is 0 Å². The van der Waals surface area contributed by atoms with Crippen LogP contribution in [0.25, 0.3) is 11.0 Å². The van der Waals surface area contributed by atoms with E-state index >= 15 is 0 Å². The van der Waals surface area contributed by atoms with Gasteiger partial charge in [0.05, 0.1) is 5.39 Å². The van der Waals surface area contributed by atoms with Crippen LogP contribution in [-0.2, 0) is 0 Å². The molecular formula is C10H14N4. The van der Waals surface area contributed by atoms with Crippen molar-refractivity contribution in [3.05, 3.63) is 18.6 Å². The summed E-state index contributed by atoms with van der Waals surface area (Å²) in [5.41, 5.74) is 0.880. The third-order valence-electron chi connectivity index (χ3n) is 2.35. The lowest BCUT2D eigenvalue weighted by molar-refractivity contribution is 0.760. The van der Waals surface area contributed by atoms with Gasteiger partial charge in [-0.1, -0.05) is 6.92 Å². The molecule has 2 aromatic rings. The average Bonchev–Trinajstić information content (AvgIpc) is 2.66. The molecule has 0 saturated carbocycles. The molecular weight excluding hydrogens is 176 g/mol. The highest BCUT2D eigenvalue weighted by molar-refractivity contribution is 5.86. The first-order chi connectivity index (χ1) is 6.81. The number of fused-ring (bicyclic) bond motifs is 1. The van der Waals surface area contributed by atoms with Gasteiger partial charge in [-0.05, 0) is 19.4 Å². The van der Waals surface area contributed by atoms with E-state index in [9.17, 15) is 0 Å². The van der Waals surface area contributed by atoms with Gasteiger partial charge < -0.3 is 10.3 Å². The number of aromatic nitrogens is 3. The van der Waals surface area contributed by atoms with Crippen molar-refractivity contribution in [2.45, 2.75) is 26.3 Å². The predicted octanol–water partition coefficient (Wildman–Crippen LogP) is 2.17. The first-order valence-electron chi connectivity index (χ1n) is 4.86. The molecule has 0 bridgehead atoms. The molecule has 4 nitrogen and oxygen atoms in total. The normalized spacial score (nSPS) is 13.0. The number of nitrogens with one attached hydrogen (secondary N) is 2. The standard InChI is InChI=1S/C10H14N4/c1-3-7(2)14-10-8-4-5-11-9(8)12-6-13-10/h4-7H,3H2,1-2H3,(H2,11,12,13,14)/t7-/m1/s1. The molecule has 2 aromatic heterocycles. The monoisotopic (exact) mass is 190 g/mol. The summed E-state index contributed by atoms with van der Waals surface area (Å²) in [4.78, 5) is 11.4. The number of aromatic amines is 1. The molecule has 0 unspecified atom stereocenters. The van der Waals surface area contributed by atoms with E-state index in [1.54, 1.807) is 6.33 Å². The Morgan fingerprint density at radius 3 is 3.14 bits per heavy atom. The number of rotatable bonds is 3. The van der Waals surface area contributed by atoms with Gasteiger partial charge in [0.15, 0.2) is 0 Å². The van der Waals surface area contributed by atoms with Gasteiger partial charge in [0, 0.05) is 12.2 Å². The first-order valence-corrected chi connectivity index (χ1v) is 4.86. The lowest BCUT2D eigenvalue weighted by Crippen LogP contribution is -2.14. The lowest BCUT2D eigenvalue weighted by atomic mass is 10.2. The van der Waals surface area contributed by atoms with Crippen LogP contribution in [0.3, 0.4) is 0 Å². The molecule has 1 atom stereocenters. The van der Waals surface area contributed by atoms with E-state index < -0.39 is 0 Å². The van der Waals surface area contributed by atoms with Gasteiger partial charge >= 0.3 is 0 Å². The Balaban J connectivity index is 2.36. The van der Waals surface area contributed by atoms with Crippen LogP contribution in [-0.4, -0.2) is 21.0 Å². The van der Waals surface area contributed by atoms with Gasteiger partial charge in [0.1, 0.15) is 17.8 Å². The highest BCUT2D eigenvalue weighted by Crippen LogP contribution is 2.18. The summed E-state index contributed by atoms with van der Waals surface area (Å²) < 4.78 is 0. The van der Waals surface area contributed by atoms with Crippen molar-refractivity contribution in [3.8, 4) is 0 Å². The Bertz CT molecular complexity index is 421. The summed E-state index contributed by atoms with van der Waals surface area (Å²) in [7, 11) is 0. The Labute approximate surface area is 82.8 Å². The summed E-state index contributed by atoms with van der Waals surface area (Å²) in [6.45, 7) is 4.29. The van der Waals surface area contributed by atoms with E-state index in [2.05, 4.69) is 34.1 Å². The summed E-state index contributed by atoms with van der Waals surface area (Å²) in [6.07, 6.45) is 4.53. The zero-order valence-corrected chi connectivity index (χ0v) is 8.41. The van der Waals surface area contributed by atoms with Crippen molar-refractivity contribution in [2.75, 3.05) is 5.32 Å². The fourth-order valence-corrected chi connectivity index (χ4v) is 1.32. The predicted molar refractivity (Wildman–Crippen MR) is 57.3 cm³/mol. The van der Waals surface area contributed by atoms with Crippen LogP contribution in [0.5, 0.6) is 0 Å². The molecule has 0 saturated heterocycles. The molecule has 74 valence electrons. The van der Waals surface area contributed by atoms with Gasteiger partial charge in [-0.3, -0.25) is 0 Å². The second-order valence-electron chi connectivity index (χ2n) is 3.42. The maximum absolute atomic E-state index is 4.22. The van der Waals surface area contributed by atoms with Gasteiger partial charge in [-0.2, -0.15) is 0 Å². The summed E-state index contributed by atoms with van der Waals surface area (Å²) in [6, 6.07) is 2.42. The van der Waals surface area contributed by atoms with E-state index in [0.717, 1.165) is 23.3 Å². The Kier molecular flexibility index (Phi) is 2.35. The van der Waals surface area contributed by atoms with Gasteiger partial charge in [-0.15, -0.1) is 0 Å². The Morgan fingerprint density at radius 1 is 1.50 bits per heavy atom. The zero-order chi connectivity index (χ0) is 9.97. The van der Waals surface area contributed by atoms with Crippen LogP contribution >= 0.6 is 0 Å². The van der Waals surface area contributed by atoms with Crippen molar-refractivity contribution in [1.29, 1.82) is 0 Å². The van der Waals surface area contributed by atoms with Gasteiger partial charge in [0.2, 0.25) is 0 Å². The fourth-order valence-electron chi connectivity index (χ4n) is 1.32. The minimum Gasteiger partial charge on any atom is -0.367 e. The number of hydrogen-bond donors (Lipinski definition) is 2. The van der Waals surface area contributed by atoms with Crippen LogP contribution in [0.1, 0.15) is 20.3 Å². The molecule has 0 fully saturated rings. The molecule has 0 amide bonds. The highest BCUT2D eigenvalue weighted by atomic mass is 15.0. The molecule has 0 aliphatic rings. The van der Waals surface area contributed by atoms with Crippen LogP contribution in [0.2, 0.25) is 0 Å². The molecule has 0 aliphatic heterocycles. The van der Waals surface area contributed by atoms with Crippen LogP contribution < -0.4 is 5.32 Å². The number of H-pyrrole nitrogens is 1. The lowest BCUT2D eigenvalue weighted by Gasteiger charge is -2.11. The van der Waals surface area contributed by atoms with Gasteiger partial charge in [-0.25, -0.2) is 9.97 Å². The van der Waals surface area contributed by atoms with Crippen LogP contribution in [0.15, 0.2) is 18.6 Å². The fraction of sp³-hybridized carbons (Fsp3) is 0.400. The van der Waals surface area contributed by atoms with Crippen molar-refractivity contribution in [1.82, 2.24) is 15.0 Å². The Morgan fingerprint density at radius 2 is 2.36 bits per heavy atom. The molecule has 0 aliphatic carbocycles. The van der Waals surface area contributed by atoms with E-state index in [0.29, 0.717) is 6.04 Å². The smallest absolute Gasteiger partial charge is 0.142 e. The third kappa shape index (κ3) is 1.55. The summed E-state index contributed by atoms with van der Waals surface area (Å²) in [5, 5.41) is 4.40. The zero-order valence-electron chi connectivity index (χ0n) is 8.41. The second kappa shape index (κ2) is 3.65. The third-order valence-corrected chi connectivity index (χ3v) is 2.35. The largest absolute Gasteiger partial charge is 0.367 e.